The van der Waals surface area contributed by atoms with Crippen LogP contribution in [0.4, 0.5) is 11.7 Å². The van der Waals surface area contributed by atoms with Crippen molar-refractivity contribution in [1.82, 2.24) is 20.2 Å². The molecule has 1 amide bonds. The molecule has 192 valence electrons. The van der Waals surface area contributed by atoms with Gasteiger partial charge in [-0.25, -0.2) is 9.97 Å². The van der Waals surface area contributed by atoms with E-state index in [1.54, 1.807) is 19.5 Å². The number of nitrogens with zero attached hydrogens (tertiary/aromatic N) is 3. The Balaban J connectivity index is 1.24. The second-order valence-corrected chi connectivity index (χ2v) is 9.12. The fourth-order valence-electron chi connectivity index (χ4n) is 4.68. The largest absolute Gasteiger partial charge is 0.496 e. The van der Waals surface area contributed by atoms with Gasteiger partial charge in [0.15, 0.2) is 17.9 Å². The maximum Gasteiger partial charge on any atom is 0.299 e. The van der Waals surface area contributed by atoms with Crippen LogP contribution < -0.4 is 15.4 Å². The van der Waals surface area contributed by atoms with Crippen molar-refractivity contribution in [2.75, 3.05) is 38.6 Å². The highest BCUT2D eigenvalue weighted by Crippen LogP contribution is 2.34. The van der Waals surface area contributed by atoms with E-state index in [1.165, 1.54) is 6.39 Å². The topological polar surface area (TPSA) is 106 Å². The van der Waals surface area contributed by atoms with Gasteiger partial charge in [0.25, 0.3) is 6.01 Å². The molecule has 5 rings (SSSR count). The van der Waals surface area contributed by atoms with E-state index in [0.717, 1.165) is 48.4 Å². The van der Waals surface area contributed by atoms with Gasteiger partial charge in [-0.1, -0.05) is 31.2 Å². The summed E-state index contributed by atoms with van der Waals surface area (Å²) in [5.74, 6) is 2.37. The van der Waals surface area contributed by atoms with Crippen LogP contribution in [-0.2, 0) is 11.2 Å². The fourth-order valence-corrected chi connectivity index (χ4v) is 4.68. The first-order valence-electron chi connectivity index (χ1n) is 12.5. The molecular weight excluding hydrogens is 470 g/mol. The Labute approximate surface area is 215 Å². The third-order valence-corrected chi connectivity index (χ3v) is 6.70. The normalized spacial score (nSPS) is 15.6. The van der Waals surface area contributed by atoms with E-state index in [2.05, 4.69) is 32.4 Å². The molecule has 4 aromatic rings. The van der Waals surface area contributed by atoms with Crippen molar-refractivity contribution in [2.45, 2.75) is 19.8 Å². The van der Waals surface area contributed by atoms with Gasteiger partial charge in [0.2, 0.25) is 5.91 Å². The Morgan fingerprint density at radius 3 is 2.84 bits per heavy atom. The molecule has 0 bridgehead atoms. The number of benzene rings is 2. The number of carbonyl (C=O) groups is 1. The average molecular weight is 502 g/mol. The van der Waals surface area contributed by atoms with Crippen LogP contribution in [0.2, 0.25) is 0 Å². The summed E-state index contributed by atoms with van der Waals surface area (Å²) in [4.78, 5) is 23.5. The van der Waals surface area contributed by atoms with Crippen LogP contribution >= 0.6 is 0 Å². The highest BCUT2D eigenvalue weighted by Gasteiger charge is 2.22. The van der Waals surface area contributed by atoms with Crippen LogP contribution in [0.25, 0.3) is 22.6 Å². The summed E-state index contributed by atoms with van der Waals surface area (Å²) >= 11 is 0. The van der Waals surface area contributed by atoms with Gasteiger partial charge in [0.05, 0.1) is 31.5 Å². The maximum atomic E-state index is 12.7. The number of likely N-dealkylation sites (tertiary alicyclic amines) is 1. The lowest BCUT2D eigenvalue weighted by Gasteiger charge is -2.14. The number of methoxy groups -OCH3 is 1. The molecule has 0 spiro atoms. The number of aromatic nitrogens is 2. The zero-order valence-corrected chi connectivity index (χ0v) is 21.1. The summed E-state index contributed by atoms with van der Waals surface area (Å²) in [5, 5.41) is 6.29. The summed E-state index contributed by atoms with van der Waals surface area (Å²) in [5.41, 5.74) is 3.27. The summed E-state index contributed by atoms with van der Waals surface area (Å²) in [6.07, 6.45) is 6.10. The van der Waals surface area contributed by atoms with Crippen LogP contribution in [0.5, 0.6) is 5.75 Å². The monoisotopic (exact) mass is 501 g/mol. The Hall–Kier alpha value is -4.11. The standard InChI is InChI=1S/C28H31N5O4/c1-3-33-11-10-19(17-33)14-30-27(34)12-20-6-4-5-7-22(20)26-16-31-28(37-26)32-21-8-9-23(24(13-21)35-2)25-15-29-18-36-25/h4-9,13,15-16,18-19H,3,10-12,14,17H2,1-2H3,(H,30,34)(H,31,32). The number of oxazole rings is 2. The van der Waals surface area contributed by atoms with Crippen LogP contribution in [0, 0.1) is 5.92 Å². The quantitative estimate of drug-likeness (QED) is 0.321. The van der Waals surface area contributed by atoms with Gasteiger partial charge in [-0.15, -0.1) is 0 Å². The van der Waals surface area contributed by atoms with Gasteiger partial charge in [-0.05, 0) is 43.1 Å². The lowest BCUT2D eigenvalue weighted by Crippen LogP contribution is -2.32. The number of ether oxygens (including phenoxy) is 1. The van der Waals surface area contributed by atoms with E-state index in [0.29, 0.717) is 35.7 Å². The zero-order chi connectivity index (χ0) is 25.6. The minimum absolute atomic E-state index is 0.0132. The van der Waals surface area contributed by atoms with Crippen molar-refractivity contribution in [3.63, 3.8) is 0 Å². The third-order valence-electron chi connectivity index (χ3n) is 6.70. The van der Waals surface area contributed by atoms with Crippen LogP contribution in [0.3, 0.4) is 0 Å². The molecule has 2 aromatic carbocycles. The number of anilines is 2. The smallest absolute Gasteiger partial charge is 0.299 e. The van der Waals surface area contributed by atoms with Gasteiger partial charge < -0.3 is 29.1 Å². The molecule has 2 N–H and O–H groups in total. The molecule has 0 radical (unpaired) electrons. The second kappa shape index (κ2) is 11.3. The Kier molecular flexibility index (Phi) is 7.51. The molecule has 1 aliphatic rings. The first kappa shape index (κ1) is 24.6. The van der Waals surface area contributed by atoms with Gasteiger partial charge in [0, 0.05) is 30.4 Å². The first-order chi connectivity index (χ1) is 18.1. The summed E-state index contributed by atoms with van der Waals surface area (Å²) in [6, 6.07) is 13.7. The first-order valence-corrected chi connectivity index (χ1v) is 12.5. The molecule has 37 heavy (non-hydrogen) atoms. The minimum Gasteiger partial charge on any atom is -0.496 e. The van der Waals surface area contributed by atoms with Gasteiger partial charge in [0.1, 0.15) is 5.75 Å². The van der Waals surface area contributed by atoms with Crippen molar-refractivity contribution in [2.24, 2.45) is 5.92 Å². The Morgan fingerprint density at radius 1 is 1.16 bits per heavy atom. The fraction of sp³-hybridized carbons (Fsp3) is 0.321. The highest BCUT2D eigenvalue weighted by molar-refractivity contribution is 5.81. The van der Waals surface area contributed by atoms with E-state index in [1.807, 2.05) is 42.5 Å². The Morgan fingerprint density at radius 2 is 2.05 bits per heavy atom. The molecule has 0 saturated carbocycles. The lowest BCUT2D eigenvalue weighted by molar-refractivity contribution is -0.120. The number of amides is 1. The molecule has 9 heteroatoms. The van der Waals surface area contributed by atoms with Crippen LogP contribution in [0.15, 0.2) is 70.1 Å². The van der Waals surface area contributed by atoms with E-state index in [-0.39, 0.29) is 12.3 Å². The number of rotatable bonds is 10. The molecule has 1 aliphatic heterocycles. The van der Waals surface area contributed by atoms with Crippen molar-refractivity contribution in [3.8, 4) is 28.4 Å². The van der Waals surface area contributed by atoms with Crippen LogP contribution in [-0.4, -0.2) is 54.1 Å². The summed E-state index contributed by atoms with van der Waals surface area (Å²) < 4.78 is 16.9. The molecular formula is C28H31N5O4. The van der Waals surface area contributed by atoms with E-state index < -0.39 is 0 Å². The molecule has 1 atom stereocenters. The number of carbonyl (C=O) groups excluding carboxylic acids is 1. The second-order valence-electron chi connectivity index (χ2n) is 9.12. The number of hydrogen-bond donors (Lipinski definition) is 2. The molecule has 1 unspecified atom stereocenters. The maximum absolute atomic E-state index is 12.7. The predicted octanol–water partition coefficient (Wildman–Crippen LogP) is 4.75. The molecule has 9 nitrogen and oxygen atoms in total. The van der Waals surface area contributed by atoms with Crippen molar-refractivity contribution in [3.05, 3.63) is 66.8 Å². The average Bonchev–Trinajstić information content (AvgIpc) is 3.70. The van der Waals surface area contributed by atoms with Gasteiger partial charge in [-0.2, -0.15) is 0 Å². The van der Waals surface area contributed by atoms with Crippen LogP contribution in [0.1, 0.15) is 18.9 Å². The zero-order valence-electron chi connectivity index (χ0n) is 21.1. The summed E-state index contributed by atoms with van der Waals surface area (Å²) in [6.45, 7) is 6.12. The predicted molar refractivity (Wildman–Crippen MR) is 141 cm³/mol. The van der Waals surface area contributed by atoms with Gasteiger partial charge in [-0.3, -0.25) is 4.79 Å². The minimum atomic E-state index is 0.0132. The van der Waals surface area contributed by atoms with E-state index in [4.69, 9.17) is 13.6 Å². The molecule has 1 fully saturated rings. The van der Waals surface area contributed by atoms with Crippen molar-refractivity contribution < 1.29 is 18.4 Å². The van der Waals surface area contributed by atoms with Crippen molar-refractivity contribution >= 4 is 17.6 Å². The van der Waals surface area contributed by atoms with E-state index >= 15 is 0 Å². The molecule has 1 saturated heterocycles. The number of hydrogen-bond acceptors (Lipinski definition) is 8. The van der Waals surface area contributed by atoms with Gasteiger partial charge >= 0.3 is 0 Å². The van der Waals surface area contributed by atoms with E-state index in [9.17, 15) is 4.79 Å². The molecule has 0 aliphatic carbocycles. The number of nitrogens with one attached hydrogen (secondary N) is 2. The highest BCUT2D eigenvalue weighted by atomic mass is 16.5. The molecule has 3 heterocycles. The summed E-state index contributed by atoms with van der Waals surface area (Å²) in [7, 11) is 1.60. The molecule has 2 aromatic heterocycles. The SMILES string of the molecule is CCN1CCC(CNC(=O)Cc2ccccc2-c2cnc(Nc3ccc(-c4cnco4)c(OC)c3)o2)C1. The Bertz CT molecular complexity index is 1330. The third kappa shape index (κ3) is 5.83. The van der Waals surface area contributed by atoms with Crippen molar-refractivity contribution in [1.29, 1.82) is 0 Å². The lowest BCUT2D eigenvalue weighted by atomic mass is 10.0.